The van der Waals surface area contributed by atoms with E-state index in [-0.39, 0.29) is 0 Å². The van der Waals surface area contributed by atoms with Crippen molar-refractivity contribution in [3.8, 4) is 0 Å². The average Bonchev–Trinajstić information content (AvgIpc) is 3.09. The minimum absolute atomic E-state index is 0.468. The van der Waals surface area contributed by atoms with Gasteiger partial charge in [0.15, 0.2) is 5.82 Å². The molecule has 1 saturated carbocycles. The first-order valence-corrected chi connectivity index (χ1v) is 7.14. The Labute approximate surface area is 116 Å². The summed E-state index contributed by atoms with van der Waals surface area (Å²) in [5.74, 6) is 0.799. The van der Waals surface area contributed by atoms with Gasteiger partial charge >= 0.3 is 0 Å². The van der Waals surface area contributed by atoms with Crippen LogP contribution in [0.1, 0.15) is 45.9 Å². The molecular formula is C13H29N5O. The molecule has 1 fully saturated rings. The minimum Gasteiger partial charge on any atom is -0.380 e. The average molecular weight is 271 g/mol. The summed E-state index contributed by atoms with van der Waals surface area (Å²) >= 11 is 0. The first kappa shape index (κ1) is 18.0. The molecule has 1 aromatic rings. The number of hydrogen-bond acceptors (Lipinski definition) is 5. The van der Waals surface area contributed by atoms with Crippen molar-refractivity contribution in [2.75, 3.05) is 14.2 Å². The molecule has 0 saturated heterocycles. The van der Waals surface area contributed by atoms with Crippen molar-refractivity contribution in [1.29, 1.82) is 0 Å². The van der Waals surface area contributed by atoms with E-state index in [1.807, 2.05) is 27.8 Å². The fourth-order valence-corrected chi connectivity index (χ4v) is 2.00. The topological polar surface area (TPSA) is 64.9 Å². The van der Waals surface area contributed by atoms with E-state index in [2.05, 4.69) is 20.7 Å². The van der Waals surface area contributed by atoms with Crippen LogP contribution in [0.3, 0.4) is 0 Å². The van der Waals surface area contributed by atoms with Crippen molar-refractivity contribution in [1.82, 2.24) is 25.5 Å². The van der Waals surface area contributed by atoms with Crippen LogP contribution in [0.25, 0.3) is 0 Å². The van der Waals surface area contributed by atoms with Crippen LogP contribution in [0.15, 0.2) is 0 Å². The molecule has 1 aliphatic carbocycles. The predicted octanol–water partition coefficient (Wildman–Crippen LogP) is 1.57. The van der Waals surface area contributed by atoms with Gasteiger partial charge in [-0.25, -0.2) is 0 Å². The van der Waals surface area contributed by atoms with E-state index >= 15 is 0 Å². The Morgan fingerprint density at radius 3 is 2.37 bits per heavy atom. The summed E-state index contributed by atoms with van der Waals surface area (Å²) in [6.45, 7) is 6.00. The molecule has 2 rings (SSSR count). The van der Waals surface area contributed by atoms with Crippen LogP contribution < -0.4 is 5.32 Å². The van der Waals surface area contributed by atoms with Crippen LogP contribution in [-0.2, 0) is 18.2 Å². The number of nitrogens with one attached hydrogen (secondary N) is 1. The van der Waals surface area contributed by atoms with Gasteiger partial charge in [-0.2, -0.15) is 4.80 Å². The second kappa shape index (κ2) is 10.9. The van der Waals surface area contributed by atoms with Gasteiger partial charge in [0.1, 0.15) is 0 Å². The van der Waals surface area contributed by atoms with Crippen LogP contribution in [0, 0.1) is 0 Å². The highest BCUT2D eigenvalue weighted by atomic mass is 16.5. The number of ether oxygens (including phenoxy) is 1. The molecule has 1 N–H and O–H groups in total. The molecule has 0 spiro atoms. The van der Waals surface area contributed by atoms with Crippen molar-refractivity contribution in [2.24, 2.45) is 7.05 Å². The molecule has 0 aromatic carbocycles. The maximum absolute atomic E-state index is 5.25. The van der Waals surface area contributed by atoms with Gasteiger partial charge in [0, 0.05) is 19.6 Å². The molecule has 0 amide bonds. The van der Waals surface area contributed by atoms with Gasteiger partial charge in [0.25, 0.3) is 0 Å². The molecule has 0 bridgehead atoms. The molecule has 1 aromatic heterocycles. The third-order valence-electron chi connectivity index (χ3n) is 2.99. The zero-order valence-electron chi connectivity index (χ0n) is 13.2. The van der Waals surface area contributed by atoms with Crippen LogP contribution in [0.2, 0.25) is 0 Å². The molecule has 19 heavy (non-hydrogen) atoms. The molecule has 0 aliphatic heterocycles. The molecule has 0 radical (unpaired) electrons. The number of tetrazole rings is 1. The molecule has 1 heterocycles. The number of nitrogens with zero attached hydrogens (tertiary/aromatic N) is 4. The maximum Gasteiger partial charge on any atom is 0.174 e. The summed E-state index contributed by atoms with van der Waals surface area (Å²) in [5.41, 5.74) is 0. The number of hydrogen-bond donors (Lipinski definition) is 1. The number of likely N-dealkylation sites (N-methyl/N-ethyl adjacent to an activating group) is 1. The lowest BCUT2D eigenvalue weighted by atomic mass is 10.2. The van der Waals surface area contributed by atoms with E-state index in [9.17, 15) is 0 Å². The Kier molecular flexibility index (Phi) is 10.3. The van der Waals surface area contributed by atoms with Crippen LogP contribution >= 0.6 is 0 Å². The Balaban J connectivity index is 0.000000303. The zero-order valence-corrected chi connectivity index (χ0v) is 13.2. The summed E-state index contributed by atoms with van der Waals surface area (Å²) in [6.07, 6.45) is 5.13. The van der Waals surface area contributed by atoms with Crippen molar-refractivity contribution in [3.05, 3.63) is 5.82 Å². The van der Waals surface area contributed by atoms with E-state index < -0.39 is 0 Å². The van der Waals surface area contributed by atoms with E-state index in [0.29, 0.717) is 12.1 Å². The predicted molar refractivity (Wildman–Crippen MR) is 77.0 cm³/mol. The lowest BCUT2D eigenvalue weighted by Crippen LogP contribution is -2.33. The highest BCUT2D eigenvalue weighted by molar-refractivity contribution is 4.82. The summed E-state index contributed by atoms with van der Waals surface area (Å²) in [4.78, 5) is 1.46. The second-order valence-electron chi connectivity index (χ2n) is 4.15. The summed E-state index contributed by atoms with van der Waals surface area (Å²) in [6, 6.07) is 0.606. The van der Waals surface area contributed by atoms with Crippen molar-refractivity contribution >= 4 is 0 Å². The molecule has 1 unspecified atom stereocenters. The van der Waals surface area contributed by atoms with Crippen molar-refractivity contribution in [2.45, 2.75) is 58.6 Å². The first-order chi connectivity index (χ1) is 9.21. The minimum atomic E-state index is 0.468. The molecule has 112 valence electrons. The van der Waals surface area contributed by atoms with Gasteiger partial charge in [-0.15, -0.1) is 10.2 Å². The van der Waals surface area contributed by atoms with E-state index in [1.54, 1.807) is 14.2 Å². The Hall–Kier alpha value is -1.01. The van der Waals surface area contributed by atoms with E-state index in [1.165, 1.54) is 24.1 Å². The van der Waals surface area contributed by atoms with Gasteiger partial charge in [0.05, 0.1) is 13.2 Å². The molecule has 6 nitrogen and oxygen atoms in total. The van der Waals surface area contributed by atoms with Crippen LogP contribution in [0.4, 0.5) is 0 Å². The Bertz CT molecular complexity index is 306. The molecular weight excluding hydrogens is 242 g/mol. The van der Waals surface area contributed by atoms with E-state index in [0.717, 1.165) is 12.2 Å². The highest BCUT2D eigenvalue weighted by Gasteiger charge is 2.24. The highest BCUT2D eigenvalue weighted by Crippen LogP contribution is 2.20. The maximum atomic E-state index is 5.25. The second-order valence-corrected chi connectivity index (χ2v) is 4.15. The quantitative estimate of drug-likeness (QED) is 0.904. The zero-order chi connectivity index (χ0) is 14.7. The first-order valence-electron chi connectivity index (χ1n) is 7.14. The number of rotatable bonds is 3. The molecule has 6 heteroatoms. The molecule has 2 atom stereocenters. The SMILES string of the molecule is CC.CCc1nnn(C)n1.CN[C@H]1CCCC1OC. The molecule has 1 aliphatic rings. The van der Waals surface area contributed by atoms with Crippen molar-refractivity contribution < 1.29 is 4.74 Å². The normalized spacial score (nSPS) is 21.2. The third kappa shape index (κ3) is 6.63. The number of aromatic nitrogens is 4. The van der Waals surface area contributed by atoms with Gasteiger partial charge < -0.3 is 10.1 Å². The smallest absolute Gasteiger partial charge is 0.174 e. The number of aryl methyl sites for hydroxylation is 2. The van der Waals surface area contributed by atoms with Crippen molar-refractivity contribution in [3.63, 3.8) is 0 Å². The van der Waals surface area contributed by atoms with Crippen LogP contribution in [0.5, 0.6) is 0 Å². The van der Waals surface area contributed by atoms with Gasteiger partial charge in [-0.05, 0) is 31.5 Å². The van der Waals surface area contributed by atoms with Gasteiger partial charge in [-0.1, -0.05) is 20.8 Å². The monoisotopic (exact) mass is 271 g/mol. The fraction of sp³-hybridized carbons (Fsp3) is 0.923. The fourth-order valence-electron chi connectivity index (χ4n) is 2.00. The lowest BCUT2D eigenvalue weighted by molar-refractivity contribution is 0.0876. The summed E-state index contributed by atoms with van der Waals surface area (Å²) in [7, 11) is 5.55. The van der Waals surface area contributed by atoms with Crippen LogP contribution in [-0.4, -0.2) is 46.5 Å². The Morgan fingerprint density at radius 2 is 2.05 bits per heavy atom. The summed E-state index contributed by atoms with van der Waals surface area (Å²) < 4.78 is 5.25. The lowest BCUT2D eigenvalue weighted by Gasteiger charge is -2.16. The largest absolute Gasteiger partial charge is 0.380 e. The summed E-state index contributed by atoms with van der Waals surface area (Å²) in [5, 5.41) is 14.5. The Morgan fingerprint density at radius 1 is 1.37 bits per heavy atom. The van der Waals surface area contributed by atoms with Gasteiger partial charge in [-0.3, -0.25) is 0 Å². The number of methoxy groups -OCH3 is 1. The third-order valence-corrected chi connectivity index (χ3v) is 2.99. The standard InChI is InChI=1S/C7H15NO.C4H8N4.C2H6/c1-8-6-4-3-5-7(6)9-2;1-3-4-5-7-8(2)6-4;1-2/h6-8H,3-5H2,1-2H3;3H2,1-2H3;1-2H3/t6-,7?;;/m0../s1. The van der Waals surface area contributed by atoms with E-state index in [4.69, 9.17) is 4.74 Å². The van der Waals surface area contributed by atoms with Gasteiger partial charge in [0.2, 0.25) is 0 Å².